The first-order chi connectivity index (χ1) is 7.66. The van der Waals surface area contributed by atoms with Gasteiger partial charge in [0.25, 0.3) is 0 Å². The van der Waals surface area contributed by atoms with Gasteiger partial charge in [0, 0.05) is 11.8 Å². The Balaban J connectivity index is 2.31. The molecule has 82 valence electrons. The van der Waals surface area contributed by atoms with Crippen molar-refractivity contribution in [2.45, 2.75) is 19.8 Å². The molecule has 1 aromatic heterocycles. The molecule has 0 radical (unpaired) electrons. The van der Waals surface area contributed by atoms with E-state index in [0.29, 0.717) is 5.92 Å². The van der Waals surface area contributed by atoms with E-state index in [-0.39, 0.29) is 0 Å². The van der Waals surface area contributed by atoms with Gasteiger partial charge in [-0.2, -0.15) is 4.39 Å². The predicted molar refractivity (Wildman–Crippen MR) is 63.7 cm³/mol. The lowest BCUT2D eigenvalue weighted by Gasteiger charge is -2.06. The Kier molecular flexibility index (Phi) is 3.00. The molecule has 1 nitrogen and oxygen atoms in total. The van der Waals surface area contributed by atoms with Crippen molar-refractivity contribution in [2.24, 2.45) is 0 Å². The second-order valence-electron chi connectivity index (χ2n) is 4.15. The molecule has 0 bridgehead atoms. The van der Waals surface area contributed by atoms with E-state index in [4.69, 9.17) is 0 Å². The van der Waals surface area contributed by atoms with Crippen molar-refractivity contribution in [3.63, 3.8) is 0 Å². The molecule has 0 N–H and O–H groups in total. The zero-order valence-electron chi connectivity index (χ0n) is 9.44. The number of rotatable bonds is 2. The lowest BCUT2D eigenvalue weighted by molar-refractivity contribution is 0.584. The number of halogens is 1. The maximum Gasteiger partial charge on any atom is 0.212 e. The Morgan fingerprint density at radius 3 is 2.06 bits per heavy atom. The standard InChI is InChI=1S/C14H14FN/c1-10(2)11-3-5-12(6-4-11)13-7-8-14(15)16-9-13/h3-10H,1-2H3. The number of pyridine rings is 1. The Morgan fingerprint density at radius 1 is 0.938 bits per heavy atom. The molecule has 0 atom stereocenters. The van der Waals surface area contributed by atoms with Crippen LogP contribution in [0.1, 0.15) is 25.3 Å². The number of hydrogen-bond donors (Lipinski definition) is 0. The van der Waals surface area contributed by atoms with Gasteiger partial charge in [-0.05, 0) is 29.2 Å². The maximum atomic E-state index is 12.7. The van der Waals surface area contributed by atoms with Crippen LogP contribution in [0.25, 0.3) is 11.1 Å². The normalized spacial score (nSPS) is 10.8. The van der Waals surface area contributed by atoms with Crippen molar-refractivity contribution < 1.29 is 4.39 Å². The van der Waals surface area contributed by atoms with E-state index in [0.717, 1.165) is 11.1 Å². The lowest BCUT2D eigenvalue weighted by atomic mass is 10.00. The highest BCUT2D eigenvalue weighted by atomic mass is 19.1. The van der Waals surface area contributed by atoms with Gasteiger partial charge in [0.2, 0.25) is 5.95 Å². The molecule has 0 fully saturated rings. The van der Waals surface area contributed by atoms with Gasteiger partial charge in [0.05, 0.1) is 0 Å². The topological polar surface area (TPSA) is 12.9 Å². The highest BCUT2D eigenvalue weighted by molar-refractivity contribution is 5.62. The summed E-state index contributed by atoms with van der Waals surface area (Å²) in [5.74, 6) is 0.0861. The van der Waals surface area contributed by atoms with Crippen LogP contribution in [-0.2, 0) is 0 Å². The average molecular weight is 215 g/mol. The summed E-state index contributed by atoms with van der Waals surface area (Å²) in [6.07, 6.45) is 1.56. The molecule has 0 spiro atoms. The van der Waals surface area contributed by atoms with E-state index in [1.54, 1.807) is 12.3 Å². The molecule has 0 saturated heterocycles. The van der Waals surface area contributed by atoms with Crippen LogP contribution in [-0.4, -0.2) is 4.98 Å². The van der Waals surface area contributed by atoms with Gasteiger partial charge in [0.15, 0.2) is 0 Å². The molecule has 2 rings (SSSR count). The second-order valence-corrected chi connectivity index (χ2v) is 4.15. The Morgan fingerprint density at radius 2 is 1.56 bits per heavy atom. The molecule has 0 unspecified atom stereocenters. The SMILES string of the molecule is CC(C)c1ccc(-c2ccc(F)nc2)cc1. The summed E-state index contributed by atoms with van der Waals surface area (Å²) < 4.78 is 12.7. The zero-order valence-corrected chi connectivity index (χ0v) is 9.44. The first-order valence-corrected chi connectivity index (χ1v) is 5.38. The van der Waals surface area contributed by atoms with Crippen LogP contribution in [0.3, 0.4) is 0 Å². The first kappa shape index (κ1) is 10.8. The van der Waals surface area contributed by atoms with E-state index >= 15 is 0 Å². The molecule has 16 heavy (non-hydrogen) atoms. The molecule has 0 saturated carbocycles. The van der Waals surface area contributed by atoms with Crippen molar-refractivity contribution in [1.82, 2.24) is 4.98 Å². The summed E-state index contributed by atoms with van der Waals surface area (Å²) in [5.41, 5.74) is 3.31. The van der Waals surface area contributed by atoms with Gasteiger partial charge in [-0.25, -0.2) is 4.98 Å². The van der Waals surface area contributed by atoms with Crippen LogP contribution < -0.4 is 0 Å². The fourth-order valence-corrected chi connectivity index (χ4v) is 1.61. The van der Waals surface area contributed by atoms with Crippen LogP contribution >= 0.6 is 0 Å². The second kappa shape index (κ2) is 4.44. The van der Waals surface area contributed by atoms with E-state index < -0.39 is 5.95 Å². The van der Waals surface area contributed by atoms with Crippen molar-refractivity contribution in [3.8, 4) is 11.1 Å². The highest BCUT2D eigenvalue weighted by Gasteiger charge is 2.01. The van der Waals surface area contributed by atoms with Crippen LogP contribution in [0.15, 0.2) is 42.6 Å². The predicted octanol–water partition coefficient (Wildman–Crippen LogP) is 4.01. The molecular formula is C14H14FN. The highest BCUT2D eigenvalue weighted by Crippen LogP contribution is 2.21. The smallest absolute Gasteiger partial charge is 0.212 e. The summed E-state index contributed by atoms with van der Waals surface area (Å²) in [6.45, 7) is 4.32. The van der Waals surface area contributed by atoms with Gasteiger partial charge in [0.1, 0.15) is 0 Å². The fourth-order valence-electron chi connectivity index (χ4n) is 1.61. The number of hydrogen-bond acceptors (Lipinski definition) is 1. The van der Waals surface area contributed by atoms with Crippen molar-refractivity contribution >= 4 is 0 Å². The number of benzene rings is 1. The van der Waals surface area contributed by atoms with E-state index in [9.17, 15) is 4.39 Å². The van der Waals surface area contributed by atoms with Gasteiger partial charge in [-0.3, -0.25) is 0 Å². The molecular weight excluding hydrogens is 201 g/mol. The third-order valence-corrected chi connectivity index (χ3v) is 2.64. The summed E-state index contributed by atoms with van der Waals surface area (Å²) in [5, 5.41) is 0. The molecule has 1 aromatic carbocycles. The van der Waals surface area contributed by atoms with E-state index in [1.165, 1.54) is 11.6 Å². The van der Waals surface area contributed by atoms with Crippen LogP contribution in [0.4, 0.5) is 4.39 Å². The molecule has 0 aliphatic rings. The Labute approximate surface area is 95.0 Å². The number of aromatic nitrogens is 1. The summed E-state index contributed by atoms with van der Waals surface area (Å²) >= 11 is 0. The maximum absolute atomic E-state index is 12.7. The van der Waals surface area contributed by atoms with E-state index in [2.05, 4.69) is 31.0 Å². The Bertz CT molecular complexity index is 457. The van der Waals surface area contributed by atoms with Crippen molar-refractivity contribution in [2.75, 3.05) is 0 Å². The van der Waals surface area contributed by atoms with Gasteiger partial charge in [-0.15, -0.1) is 0 Å². The minimum absolute atomic E-state index is 0.442. The van der Waals surface area contributed by atoms with Crippen molar-refractivity contribution in [3.05, 3.63) is 54.1 Å². The van der Waals surface area contributed by atoms with E-state index in [1.807, 2.05) is 12.1 Å². The molecule has 0 amide bonds. The van der Waals surface area contributed by atoms with Crippen molar-refractivity contribution in [1.29, 1.82) is 0 Å². The quantitative estimate of drug-likeness (QED) is 0.690. The largest absolute Gasteiger partial charge is 0.228 e. The third kappa shape index (κ3) is 2.27. The third-order valence-electron chi connectivity index (χ3n) is 2.64. The minimum atomic E-state index is -0.442. The monoisotopic (exact) mass is 215 g/mol. The first-order valence-electron chi connectivity index (χ1n) is 5.38. The summed E-state index contributed by atoms with van der Waals surface area (Å²) in [6, 6.07) is 11.4. The Hall–Kier alpha value is -1.70. The van der Waals surface area contributed by atoms with Crippen LogP contribution in [0.5, 0.6) is 0 Å². The molecule has 2 heteroatoms. The van der Waals surface area contributed by atoms with Gasteiger partial charge < -0.3 is 0 Å². The molecule has 0 aliphatic carbocycles. The molecule has 2 aromatic rings. The fraction of sp³-hybridized carbons (Fsp3) is 0.214. The van der Waals surface area contributed by atoms with Crippen LogP contribution in [0.2, 0.25) is 0 Å². The zero-order chi connectivity index (χ0) is 11.5. The lowest BCUT2D eigenvalue weighted by Crippen LogP contribution is -1.87. The van der Waals surface area contributed by atoms with Gasteiger partial charge in [-0.1, -0.05) is 38.1 Å². The molecule has 0 aliphatic heterocycles. The van der Waals surface area contributed by atoms with Gasteiger partial charge >= 0.3 is 0 Å². The number of nitrogens with zero attached hydrogens (tertiary/aromatic N) is 1. The summed E-state index contributed by atoms with van der Waals surface area (Å²) in [7, 11) is 0. The van der Waals surface area contributed by atoms with Crippen LogP contribution in [0, 0.1) is 5.95 Å². The molecule has 1 heterocycles. The minimum Gasteiger partial charge on any atom is -0.228 e. The average Bonchev–Trinajstić information content (AvgIpc) is 2.30. The summed E-state index contributed by atoms with van der Waals surface area (Å²) in [4.78, 5) is 3.65.